The normalized spacial score (nSPS) is 8.33. The quantitative estimate of drug-likeness (QED) is 0.229. The zero-order chi connectivity index (χ0) is 8.27. The first kappa shape index (κ1) is 11.2. The third-order valence-corrected chi connectivity index (χ3v) is 0.924. The summed E-state index contributed by atoms with van der Waals surface area (Å²) in [7, 11) is 0. The number of nitrogens with two attached hydrogens (primary N) is 2. The Morgan fingerprint density at radius 1 is 1.67 bits per heavy atom. The number of rotatable bonds is 1. The Hall–Kier alpha value is -0.850. The minimum absolute atomic E-state index is 0. The maximum atomic E-state index is 10.8. The second kappa shape index (κ2) is 4.91. The van der Waals surface area contributed by atoms with E-state index in [9.17, 15) is 4.79 Å². The molecule has 0 unspecified atom stereocenters. The summed E-state index contributed by atoms with van der Waals surface area (Å²) >= 11 is 0. The predicted molar refractivity (Wildman–Crippen MR) is 41.4 cm³/mol. The molecule has 0 amide bonds. The van der Waals surface area contributed by atoms with Crippen LogP contribution in [0.5, 0.6) is 0 Å². The fourth-order valence-electron chi connectivity index (χ4n) is 0.546. The van der Waals surface area contributed by atoms with Crippen LogP contribution in [0, 0.1) is 0 Å². The number of H-pyrrole nitrogens is 1. The number of aliphatic imine (C=N–C) groups is 1. The average Bonchev–Trinajstić information content (AvgIpc) is 1.93. The molecule has 0 saturated heterocycles. The van der Waals surface area contributed by atoms with E-state index < -0.39 is 5.56 Å². The van der Waals surface area contributed by atoms with Crippen molar-refractivity contribution in [3.05, 3.63) is 22.7 Å². The first-order valence-electron chi connectivity index (χ1n) is 2.83. The zero-order valence-corrected chi connectivity index (χ0v) is 8.61. The molecular formula is C5H8N5NaO. The molecule has 1 rings (SSSR count). The summed E-state index contributed by atoms with van der Waals surface area (Å²) in [6.07, 6.45) is 2.79. The Labute approximate surface area is 91.9 Å². The third kappa shape index (κ3) is 3.04. The van der Waals surface area contributed by atoms with Crippen molar-refractivity contribution in [2.24, 2.45) is 16.5 Å². The van der Waals surface area contributed by atoms with Crippen LogP contribution in [-0.2, 0) is 0 Å². The second-order valence-corrected chi connectivity index (χ2v) is 1.78. The summed E-state index contributed by atoms with van der Waals surface area (Å²) in [5.74, 6) is -0.221. The van der Waals surface area contributed by atoms with Crippen LogP contribution in [0.1, 0.15) is 1.43 Å². The number of hydrogen-bond donors (Lipinski definition) is 3. The fraction of sp³-hybridized carbons (Fsp3) is 0. The molecule has 0 radical (unpaired) electrons. The van der Waals surface area contributed by atoms with Gasteiger partial charge in [0, 0.05) is 12.4 Å². The summed E-state index contributed by atoms with van der Waals surface area (Å²) in [6.45, 7) is 0. The van der Waals surface area contributed by atoms with Crippen molar-refractivity contribution in [3.63, 3.8) is 0 Å². The van der Waals surface area contributed by atoms with Gasteiger partial charge in [-0.25, -0.2) is 4.98 Å². The van der Waals surface area contributed by atoms with Crippen LogP contribution in [0.4, 0.5) is 5.82 Å². The number of aromatic amines is 1. The molecule has 0 spiro atoms. The number of nitrogens with zero attached hydrogens (tertiary/aromatic N) is 2. The van der Waals surface area contributed by atoms with Crippen molar-refractivity contribution in [3.8, 4) is 0 Å². The number of guanidine groups is 1. The van der Waals surface area contributed by atoms with Crippen LogP contribution in [-0.4, -0.2) is 15.9 Å². The smallest absolute Gasteiger partial charge is 1.00 e. The molecule has 0 saturated carbocycles. The van der Waals surface area contributed by atoms with Gasteiger partial charge in [0.2, 0.25) is 5.82 Å². The standard InChI is InChI=1S/C5H7N5O.Na.H/c6-5(7)10-3-4(11)9-2-1-8-3;;/h1-2H,(H,9,11)(H4,6,7,8,10);;/q;+1;-1. The van der Waals surface area contributed by atoms with Crippen LogP contribution in [0.2, 0.25) is 0 Å². The van der Waals surface area contributed by atoms with Crippen molar-refractivity contribution >= 4 is 11.8 Å². The van der Waals surface area contributed by atoms with Gasteiger partial charge in [0.15, 0.2) is 5.96 Å². The molecule has 7 heteroatoms. The average molecular weight is 177 g/mol. The van der Waals surface area contributed by atoms with Crippen molar-refractivity contribution in [2.45, 2.75) is 0 Å². The minimum atomic E-state index is -0.416. The van der Waals surface area contributed by atoms with E-state index in [0.29, 0.717) is 0 Å². The second-order valence-electron chi connectivity index (χ2n) is 1.78. The van der Waals surface area contributed by atoms with Gasteiger partial charge in [-0.3, -0.25) is 4.79 Å². The zero-order valence-electron chi connectivity index (χ0n) is 7.61. The van der Waals surface area contributed by atoms with Gasteiger partial charge in [0.25, 0.3) is 5.56 Å². The van der Waals surface area contributed by atoms with Crippen LogP contribution >= 0.6 is 0 Å². The third-order valence-electron chi connectivity index (χ3n) is 0.924. The molecule has 0 aliphatic rings. The van der Waals surface area contributed by atoms with E-state index in [1.807, 2.05) is 0 Å². The van der Waals surface area contributed by atoms with E-state index in [2.05, 4.69) is 15.0 Å². The molecule has 0 fully saturated rings. The van der Waals surface area contributed by atoms with Gasteiger partial charge in [0.1, 0.15) is 0 Å². The van der Waals surface area contributed by atoms with Crippen LogP contribution < -0.4 is 46.6 Å². The van der Waals surface area contributed by atoms with Gasteiger partial charge in [-0.2, -0.15) is 4.99 Å². The SMILES string of the molecule is NC(N)=Nc1ncc[nH]c1=O.[H-].[Na+]. The van der Waals surface area contributed by atoms with Gasteiger partial charge in [-0.1, -0.05) is 0 Å². The van der Waals surface area contributed by atoms with Crippen molar-refractivity contribution in [1.82, 2.24) is 9.97 Å². The topological polar surface area (TPSA) is 110 Å². The largest absolute Gasteiger partial charge is 1.00 e. The molecule has 1 aromatic rings. The fourth-order valence-corrected chi connectivity index (χ4v) is 0.546. The van der Waals surface area contributed by atoms with Crippen LogP contribution in [0.25, 0.3) is 0 Å². The molecule has 0 atom stereocenters. The summed E-state index contributed by atoms with van der Waals surface area (Å²) in [5.41, 5.74) is 9.64. The Bertz CT molecular complexity index is 334. The van der Waals surface area contributed by atoms with E-state index in [1.165, 1.54) is 12.4 Å². The number of nitrogens with one attached hydrogen (secondary N) is 1. The van der Waals surface area contributed by atoms with Gasteiger partial charge in [-0.15, -0.1) is 0 Å². The van der Waals surface area contributed by atoms with E-state index in [0.717, 1.165) is 0 Å². The van der Waals surface area contributed by atoms with E-state index >= 15 is 0 Å². The molecular weight excluding hydrogens is 169 g/mol. The van der Waals surface area contributed by atoms with Gasteiger partial charge in [0.05, 0.1) is 0 Å². The molecule has 6 nitrogen and oxygen atoms in total. The molecule has 5 N–H and O–H groups in total. The van der Waals surface area contributed by atoms with Crippen molar-refractivity contribution < 1.29 is 31.0 Å². The summed E-state index contributed by atoms with van der Waals surface area (Å²) in [4.78, 5) is 20.3. The number of hydrogen-bond acceptors (Lipinski definition) is 3. The first-order chi connectivity index (χ1) is 5.20. The molecule has 0 aliphatic heterocycles. The first-order valence-corrected chi connectivity index (χ1v) is 2.83. The predicted octanol–water partition coefficient (Wildman–Crippen LogP) is -4.21. The van der Waals surface area contributed by atoms with E-state index in [-0.39, 0.29) is 42.8 Å². The molecule has 0 aliphatic carbocycles. The van der Waals surface area contributed by atoms with Crippen molar-refractivity contribution in [2.75, 3.05) is 0 Å². The molecule has 60 valence electrons. The van der Waals surface area contributed by atoms with Gasteiger partial charge in [-0.05, 0) is 0 Å². The Morgan fingerprint density at radius 3 is 2.83 bits per heavy atom. The Balaban J connectivity index is 0. The summed E-state index contributed by atoms with van der Waals surface area (Å²) in [6, 6.07) is 0. The Morgan fingerprint density at radius 2 is 2.33 bits per heavy atom. The molecule has 1 aromatic heterocycles. The van der Waals surface area contributed by atoms with Gasteiger partial charge >= 0.3 is 29.6 Å². The monoisotopic (exact) mass is 177 g/mol. The molecule has 0 bridgehead atoms. The van der Waals surface area contributed by atoms with Crippen LogP contribution in [0.3, 0.4) is 0 Å². The maximum Gasteiger partial charge on any atom is 1.00 e. The van der Waals surface area contributed by atoms with Crippen molar-refractivity contribution in [1.29, 1.82) is 0 Å². The van der Waals surface area contributed by atoms with E-state index in [4.69, 9.17) is 11.5 Å². The molecule has 1 heterocycles. The number of aromatic nitrogens is 2. The maximum absolute atomic E-state index is 10.8. The molecule has 0 aromatic carbocycles. The van der Waals surface area contributed by atoms with E-state index in [1.54, 1.807) is 0 Å². The summed E-state index contributed by atoms with van der Waals surface area (Å²) in [5, 5.41) is 0. The Kier molecular flexibility index (Phi) is 4.57. The summed E-state index contributed by atoms with van der Waals surface area (Å²) < 4.78 is 0. The van der Waals surface area contributed by atoms with Crippen LogP contribution in [0.15, 0.2) is 22.2 Å². The molecule has 12 heavy (non-hydrogen) atoms. The van der Waals surface area contributed by atoms with Gasteiger partial charge < -0.3 is 17.9 Å². The minimum Gasteiger partial charge on any atom is -1.00 e.